The van der Waals surface area contributed by atoms with Crippen LogP contribution in [0.25, 0.3) is 0 Å². The highest BCUT2D eigenvalue weighted by Gasteiger charge is 2.33. The number of urea groups is 1. The molecule has 1 aromatic carbocycles. The number of carbonyl (C=O) groups excluding carboxylic acids is 1. The van der Waals surface area contributed by atoms with E-state index in [1.807, 2.05) is 37.3 Å². The van der Waals surface area contributed by atoms with E-state index in [1.165, 1.54) is 5.56 Å². The van der Waals surface area contributed by atoms with Crippen LogP contribution >= 0.6 is 0 Å². The smallest absolute Gasteiger partial charge is 0.317 e. The highest BCUT2D eigenvalue weighted by molar-refractivity contribution is 7.91. The number of nitrogens with zero attached hydrogens (tertiary/aromatic N) is 1. The van der Waals surface area contributed by atoms with E-state index in [1.54, 1.807) is 4.90 Å². The lowest BCUT2D eigenvalue weighted by Gasteiger charge is -2.27. The monoisotopic (exact) mass is 310 g/mol. The third kappa shape index (κ3) is 4.46. The molecule has 1 atom stereocenters. The van der Waals surface area contributed by atoms with Crippen LogP contribution in [0.2, 0.25) is 0 Å². The molecule has 1 fully saturated rings. The molecular formula is C15H22N2O3S. The second-order valence-electron chi connectivity index (χ2n) is 5.31. The van der Waals surface area contributed by atoms with E-state index >= 15 is 0 Å². The second-order valence-corrected chi connectivity index (χ2v) is 7.54. The van der Waals surface area contributed by atoms with E-state index in [9.17, 15) is 13.2 Å². The fourth-order valence-corrected chi connectivity index (χ4v) is 4.38. The largest absolute Gasteiger partial charge is 0.338 e. The summed E-state index contributed by atoms with van der Waals surface area (Å²) in [6, 6.07) is 9.59. The summed E-state index contributed by atoms with van der Waals surface area (Å²) in [5.41, 5.74) is 1.17. The summed E-state index contributed by atoms with van der Waals surface area (Å²) in [7, 11) is -2.97. The van der Waals surface area contributed by atoms with Crippen LogP contribution in [-0.4, -0.2) is 50.0 Å². The number of sulfone groups is 1. The summed E-state index contributed by atoms with van der Waals surface area (Å²) >= 11 is 0. The number of amides is 2. The first kappa shape index (κ1) is 15.8. The molecule has 0 radical (unpaired) electrons. The molecule has 0 unspecified atom stereocenters. The molecule has 116 valence electrons. The highest BCUT2D eigenvalue weighted by atomic mass is 32.2. The Morgan fingerprint density at radius 1 is 1.33 bits per heavy atom. The predicted molar refractivity (Wildman–Crippen MR) is 83.0 cm³/mol. The molecule has 21 heavy (non-hydrogen) atoms. The molecule has 1 aliphatic rings. The number of carbonyl (C=O) groups is 1. The van der Waals surface area contributed by atoms with Gasteiger partial charge in [0.2, 0.25) is 0 Å². The normalized spacial score (nSPS) is 20.1. The maximum Gasteiger partial charge on any atom is 0.317 e. The van der Waals surface area contributed by atoms with Gasteiger partial charge < -0.3 is 10.2 Å². The van der Waals surface area contributed by atoms with Crippen molar-refractivity contribution in [3.8, 4) is 0 Å². The molecule has 0 saturated carbocycles. The first-order chi connectivity index (χ1) is 10.0. The third-order valence-corrected chi connectivity index (χ3v) is 5.53. The zero-order valence-electron chi connectivity index (χ0n) is 12.3. The lowest BCUT2D eigenvalue weighted by atomic mass is 10.1. The van der Waals surface area contributed by atoms with Gasteiger partial charge in [-0.15, -0.1) is 0 Å². The summed E-state index contributed by atoms with van der Waals surface area (Å²) in [6.07, 6.45) is 1.31. The van der Waals surface area contributed by atoms with Gasteiger partial charge in [-0.25, -0.2) is 13.2 Å². The first-order valence-electron chi connectivity index (χ1n) is 7.30. The van der Waals surface area contributed by atoms with Crippen LogP contribution in [0.5, 0.6) is 0 Å². The quantitative estimate of drug-likeness (QED) is 0.895. The number of hydrogen-bond donors (Lipinski definition) is 1. The van der Waals surface area contributed by atoms with Gasteiger partial charge in [0.15, 0.2) is 9.84 Å². The Labute approximate surface area is 126 Å². The van der Waals surface area contributed by atoms with Crippen molar-refractivity contribution in [2.75, 3.05) is 24.6 Å². The van der Waals surface area contributed by atoms with E-state index in [4.69, 9.17) is 0 Å². The maximum absolute atomic E-state index is 12.2. The van der Waals surface area contributed by atoms with Crippen LogP contribution in [0.15, 0.2) is 30.3 Å². The van der Waals surface area contributed by atoms with Gasteiger partial charge in [0, 0.05) is 19.1 Å². The lowest BCUT2D eigenvalue weighted by molar-refractivity contribution is 0.184. The summed E-state index contributed by atoms with van der Waals surface area (Å²) in [5.74, 6) is 0.276. The van der Waals surface area contributed by atoms with Crippen molar-refractivity contribution in [2.45, 2.75) is 25.8 Å². The van der Waals surface area contributed by atoms with Gasteiger partial charge in [0.1, 0.15) is 0 Å². The Hall–Kier alpha value is -1.56. The van der Waals surface area contributed by atoms with Gasteiger partial charge in [-0.3, -0.25) is 0 Å². The number of benzene rings is 1. The molecule has 1 saturated heterocycles. The molecule has 1 aliphatic heterocycles. The summed E-state index contributed by atoms with van der Waals surface area (Å²) in [4.78, 5) is 13.8. The average molecular weight is 310 g/mol. The average Bonchev–Trinajstić information content (AvgIpc) is 2.81. The molecule has 1 N–H and O–H groups in total. The zero-order valence-corrected chi connectivity index (χ0v) is 13.1. The van der Waals surface area contributed by atoms with Gasteiger partial charge in [-0.2, -0.15) is 0 Å². The summed E-state index contributed by atoms with van der Waals surface area (Å²) < 4.78 is 23.0. The lowest BCUT2D eigenvalue weighted by Crippen LogP contribution is -2.47. The van der Waals surface area contributed by atoms with Crippen molar-refractivity contribution in [2.24, 2.45) is 0 Å². The van der Waals surface area contributed by atoms with Crippen LogP contribution in [0, 0.1) is 0 Å². The Bertz CT molecular complexity index is 572. The molecule has 0 spiro atoms. The molecular weight excluding hydrogens is 288 g/mol. The van der Waals surface area contributed by atoms with Gasteiger partial charge in [-0.1, -0.05) is 30.3 Å². The molecule has 0 bridgehead atoms. The van der Waals surface area contributed by atoms with E-state index in [2.05, 4.69) is 5.32 Å². The topological polar surface area (TPSA) is 66.5 Å². The molecule has 0 aromatic heterocycles. The first-order valence-corrected chi connectivity index (χ1v) is 9.13. The minimum absolute atomic E-state index is 0.0902. The molecule has 1 aromatic rings. The Morgan fingerprint density at radius 3 is 2.62 bits per heavy atom. The van der Waals surface area contributed by atoms with Crippen molar-refractivity contribution in [1.29, 1.82) is 0 Å². The van der Waals surface area contributed by atoms with E-state index in [-0.39, 0.29) is 23.6 Å². The fourth-order valence-electron chi connectivity index (χ4n) is 2.65. The molecule has 2 rings (SSSR count). The van der Waals surface area contributed by atoms with Gasteiger partial charge in [0.25, 0.3) is 0 Å². The molecule has 1 heterocycles. The van der Waals surface area contributed by atoms with Crippen molar-refractivity contribution in [3.63, 3.8) is 0 Å². The van der Waals surface area contributed by atoms with E-state index < -0.39 is 9.84 Å². The number of rotatable bonds is 5. The zero-order chi connectivity index (χ0) is 15.3. The fraction of sp³-hybridized carbons (Fsp3) is 0.533. The van der Waals surface area contributed by atoms with Crippen LogP contribution < -0.4 is 5.32 Å². The van der Waals surface area contributed by atoms with Crippen LogP contribution in [-0.2, 0) is 16.3 Å². The van der Waals surface area contributed by atoms with Gasteiger partial charge in [0.05, 0.1) is 11.5 Å². The number of nitrogens with one attached hydrogen (secondary N) is 1. The van der Waals surface area contributed by atoms with Crippen molar-refractivity contribution >= 4 is 15.9 Å². The van der Waals surface area contributed by atoms with Gasteiger partial charge >= 0.3 is 6.03 Å². The highest BCUT2D eigenvalue weighted by Crippen LogP contribution is 2.17. The van der Waals surface area contributed by atoms with E-state index in [0.29, 0.717) is 19.5 Å². The standard InChI is InChI=1S/C15H22N2O3S/c1-2-17(14-9-11-21(19,20)12-14)15(18)16-10-8-13-6-4-3-5-7-13/h3-7,14H,2,8-12H2,1H3,(H,16,18)/t14-/m0/s1. The van der Waals surface area contributed by atoms with Crippen molar-refractivity contribution in [1.82, 2.24) is 10.2 Å². The predicted octanol–water partition coefficient (Wildman–Crippen LogP) is 1.45. The Kier molecular flexibility index (Phi) is 5.22. The third-order valence-electron chi connectivity index (χ3n) is 3.78. The molecule has 5 nitrogen and oxygen atoms in total. The summed E-state index contributed by atoms with van der Waals surface area (Å²) in [5, 5.41) is 2.88. The summed E-state index contributed by atoms with van der Waals surface area (Å²) in [6.45, 7) is 2.96. The van der Waals surface area contributed by atoms with Crippen LogP contribution in [0.1, 0.15) is 18.9 Å². The molecule has 6 heteroatoms. The van der Waals surface area contributed by atoms with Crippen LogP contribution in [0.4, 0.5) is 4.79 Å². The van der Waals surface area contributed by atoms with Crippen LogP contribution in [0.3, 0.4) is 0 Å². The molecule has 2 amide bonds. The maximum atomic E-state index is 12.2. The molecule has 0 aliphatic carbocycles. The Balaban J connectivity index is 1.83. The number of hydrogen-bond acceptors (Lipinski definition) is 3. The Morgan fingerprint density at radius 2 is 2.05 bits per heavy atom. The van der Waals surface area contributed by atoms with Gasteiger partial charge in [-0.05, 0) is 25.3 Å². The minimum Gasteiger partial charge on any atom is -0.338 e. The van der Waals surface area contributed by atoms with Crippen molar-refractivity contribution in [3.05, 3.63) is 35.9 Å². The second kappa shape index (κ2) is 6.93. The van der Waals surface area contributed by atoms with E-state index in [0.717, 1.165) is 6.42 Å². The van der Waals surface area contributed by atoms with Crippen molar-refractivity contribution < 1.29 is 13.2 Å². The SMILES string of the molecule is CCN(C(=O)NCCc1ccccc1)[C@H]1CCS(=O)(=O)C1. The minimum atomic E-state index is -2.97.